The van der Waals surface area contributed by atoms with E-state index in [1.165, 1.54) is 5.56 Å². The van der Waals surface area contributed by atoms with Crippen LogP contribution in [0.4, 0.5) is 5.69 Å². The first-order valence-electron chi connectivity index (χ1n) is 9.18. The highest BCUT2D eigenvalue weighted by molar-refractivity contribution is 9.10. The Morgan fingerprint density at radius 3 is 2.46 bits per heavy atom. The maximum Gasteiger partial charge on any atom is 0.180 e. The zero-order valence-electron chi connectivity index (χ0n) is 16.0. The average molecular weight is 461 g/mol. The van der Waals surface area contributed by atoms with Crippen molar-refractivity contribution in [2.24, 2.45) is 0 Å². The molecule has 0 bridgehead atoms. The van der Waals surface area contributed by atoms with Gasteiger partial charge in [-0.2, -0.15) is 0 Å². The Hall–Kier alpha value is -2.17. The number of hydrogen-bond acceptors (Lipinski definition) is 3. The molecule has 0 aromatic heterocycles. The molecule has 146 valence electrons. The fraction of sp³-hybridized carbons (Fsp3) is 0.217. The van der Waals surface area contributed by atoms with Gasteiger partial charge >= 0.3 is 0 Å². The fourth-order valence-electron chi connectivity index (χ4n) is 2.82. The Balaban J connectivity index is 1.75. The summed E-state index contributed by atoms with van der Waals surface area (Å²) in [7, 11) is 0. The highest BCUT2D eigenvalue weighted by atomic mass is 79.9. The van der Waals surface area contributed by atoms with E-state index in [1.54, 1.807) is 0 Å². The van der Waals surface area contributed by atoms with Gasteiger partial charge in [-0.1, -0.05) is 51.8 Å². The van der Waals surface area contributed by atoms with Crippen molar-refractivity contribution < 1.29 is 9.47 Å². The summed E-state index contributed by atoms with van der Waals surface area (Å²) in [6.45, 7) is 5.65. The zero-order chi connectivity index (χ0) is 19.9. The Morgan fingerprint density at radius 1 is 1.00 bits per heavy atom. The van der Waals surface area contributed by atoms with E-state index in [2.05, 4.69) is 40.3 Å². The summed E-state index contributed by atoms with van der Waals surface area (Å²) in [5.74, 6) is 1.25. The Kier molecular flexibility index (Phi) is 7.24. The molecule has 0 spiro atoms. The van der Waals surface area contributed by atoms with E-state index in [0.29, 0.717) is 36.3 Å². The van der Waals surface area contributed by atoms with Crippen LogP contribution in [0.1, 0.15) is 23.6 Å². The van der Waals surface area contributed by atoms with Gasteiger partial charge in [-0.05, 0) is 66.9 Å². The van der Waals surface area contributed by atoms with E-state index < -0.39 is 0 Å². The first-order valence-corrected chi connectivity index (χ1v) is 10.4. The summed E-state index contributed by atoms with van der Waals surface area (Å²) < 4.78 is 12.9. The van der Waals surface area contributed by atoms with E-state index >= 15 is 0 Å². The standard InChI is InChI=1S/C23H23BrClNO2/c1-3-27-22-13-17(14-26-20-10-8-19(24)9-11-20)12-21(25)23(22)28-15-18-7-5-4-6-16(18)2/h4-13,26H,3,14-15H2,1-2H3. The number of hydrogen-bond donors (Lipinski definition) is 1. The van der Waals surface area contributed by atoms with E-state index in [1.807, 2.05) is 55.5 Å². The number of rotatable bonds is 8. The third-order valence-corrected chi connectivity index (χ3v) is 5.15. The lowest BCUT2D eigenvalue weighted by atomic mass is 10.1. The van der Waals surface area contributed by atoms with E-state index in [0.717, 1.165) is 21.3 Å². The molecule has 0 unspecified atom stereocenters. The third kappa shape index (κ3) is 5.43. The quantitative estimate of drug-likeness (QED) is 0.392. The van der Waals surface area contributed by atoms with Crippen molar-refractivity contribution in [3.8, 4) is 11.5 Å². The fourth-order valence-corrected chi connectivity index (χ4v) is 3.37. The molecule has 0 saturated heterocycles. The number of anilines is 1. The molecule has 0 aliphatic carbocycles. The van der Waals surface area contributed by atoms with Gasteiger partial charge in [0, 0.05) is 16.7 Å². The average Bonchev–Trinajstić information content (AvgIpc) is 2.68. The van der Waals surface area contributed by atoms with E-state index in [4.69, 9.17) is 21.1 Å². The zero-order valence-corrected chi connectivity index (χ0v) is 18.3. The van der Waals surface area contributed by atoms with Crippen LogP contribution in [-0.2, 0) is 13.2 Å². The maximum absolute atomic E-state index is 6.54. The van der Waals surface area contributed by atoms with Gasteiger partial charge in [-0.25, -0.2) is 0 Å². The molecule has 28 heavy (non-hydrogen) atoms. The first kappa shape index (κ1) is 20.6. The number of aryl methyl sites for hydroxylation is 1. The predicted molar refractivity (Wildman–Crippen MR) is 120 cm³/mol. The SMILES string of the molecule is CCOc1cc(CNc2ccc(Br)cc2)cc(Cl)c1OCc1ccccc1C. The van der Waals surface area contributed by atoms with Gasteiger partial charge in [0.1, 0.15) is 6.61 Å². The van der Waals surface area contributed by atoms with E-state index in [-0.39, 0.29) is 0 Å². The highest BCUT2D eigenvalue weighted by Crippen LogP contribution is 2.37. The van der Waals surface area contributed by atoms with Crippen molar-refractivity contribution >= 4 is 33.2 Å². The maximum atomic E-state index is 6.54. The molecule has 3 rings (SSSR count). The Morgan fingerprint density at radius 2 is 1.75 bits per heavy atom. The third-order valence-electron chi connectivity index (χ3n) is 4.34. The van der Waals surface area contributed by atoms with Gasteiger partial charge in [0.2, 0.25) is 0 Å². The van der Waals surface area contributed by atoms with Gasteiger partial charge in [-0.3, -0.25) is 0 Å². The molecule has 0 heterocycles. The lowest BCUT2D eigenvalue weighted by Gasteiger charge is -2.16. The van der Waals surface area contributed by atoms with Crippen LogP contribution in [0.5, 0.6) is 11.5 Å². The van der Waals surface area contributed by atoms with Gasteiger partial charge < -0.3 is 14.8 Å². The molecule has 3 aromatic rings. The van der Waals surface area contributed by atoms with Crippen molar-refractivity contribution in [2.75, 3.05) is 11.9 Å². The van der Waals surface area contributed by atoms with Crippen LogP contribution in [0.2, 0.25) is 5.02 Å². The molecule has 3 nitrogen and oxygen atoms in total. The summed E-state index contributed by atoms with van der Waals surface area (Å²) in [4.78, 5) is 0. The second-order valence-corrected chi connectivity index (χ2v) is 7.74. The van der Waals surface area contributed by atoms with Crippen molar-refractivity contribution in [2.45, 2.75) is 27.0 Å². The van der Waals surface area contributed by atoms with Crippen LogP contribution in [0, 0.1) is 6.92 Å². The minimum absolute atomic E-state index is 0.447. The second kappa shape index (κ2) is 9.85. The minimum Gasteiger partial charge on any atom is -0.490 e. The lowest BCUT2D eigenvalue weighted by Crippen LogP contribution is -2.04. The molecule has 0 aliphatic rings. The van der Waals surface area contributed by atoms with Crippen LogP contribution in [0.15, 0.2) is 65.1 Å². The summed E-state index contributed by atoms with van der Waals surface area (Å²) in [6, 6.07) is 20.1. The number of halogens is 2. The van der Waals surface area contributed by atoms with Gasteiger partial charge in [0.05, 0.1) is 11.6 Å². The molecule has 0 saturated carbocycles. The molecule has 0 amide bonds. The Labute approximate surface area is 179 Å². The minimum atomic E-state index is 0.447. The van der Waals surface area contributed by atoms with Gasteiger partial charge in [0.25, 0.3) is 0 Å². The molecule has 3 aromatic carbocycles. The monoisotopic (exact) mass is 459 g/mol. The molecule has 0 radical (unpaired) electrons. The van der Waals surface area contributed by atoms with Crippen molar-refractivity contribution in [1.29, 1.82) is 0 Å². The molecule has 0 aliphatic heterocycles. The van der Waals surface area contributed by atoms with Gasteiger partial charge in [-0.15, -0.1) is 0 Å². The predicted octanol–water partition coefficient (Wildman–Crippen LogP) is 7.00. The van der Waals surface area contributed by atoms with Crippen molar-refractivity contribution in [3.05, 3.63) is 86.8 Å². The van der Waals surface area contributed by atoms with Crippen LogP contribution in [0.25, 0.3) is 0 Å². The summed E-state index contributed by atoms with van der Waals surface area (Å²) in [5, 5.41) is 3.94. The number of nitrogens with one attached hydrogen (secondary N) is 1. The summed E-state index contributed by atoms with van der Waals surface area (Å²) in [6.07, 6.45) is 0. The second-order valence-electron chi connectivity index (χ2n) is 6.41. The summed E-state index contributed by atoms with van der Waals surface area (Å²) >= 11 is 9.99. The molecule has 5 heteroatoms. The largest absolute Gasteiger partial charge is 0.490 e. The van der Waals surface area contributed by atoms with Crippen LogP contribution < -0.4 is 14.8 Å². The van der Waals surface area contributed by atoms with Crippen LogP contribution >= 0.6 is 27.5 Å². The van der Waals surface area contributed by atoms with Crippen molar-refractivity contribution in [3.63, 3.8) is 0 Å². The molecule has 0 fully saturated rings. The lowest BCUT2D eigenvalue weighted by molar-refractivity contribution is 0.269. The normalized spacial score (nSPS) is 10.6. The molecule has 0 atom stereocenters. The van der Waals surface area contributed by atoms with Crippen LogP contribution in [-0.4, -0.2) is 6.61 Å². The van der Waals surface area contributed by atoms with Crippen molar-refractivity contribution in [1.82, 2.24) is 0 Å². The number of ether oxygens (including phenoxy) is 2. The molecule has 1 N–H and O–H groups in total. The highest BCUT2D eigenvalue weighted by Gasteiger charge is 2.13. The summed E-state index contributed by atoms with van der Waals surface area (Å²) in [5.41, 5.74) is 4.38. The number of benzene rings is 3. The smallest absolute Gasteiger partial charge is 0.180 e. The molecular formula is C23H23BrClNO2. The van der Waals surface area contributed by atoms with E-state index in [9.17, 15) is 0 Å². The van der Waals surface area contributed by atoms with Crippen LogP contribution in [0.3, 0.4) is 0 Å². The molecular weight excluding hydrogens is 438 g/mol. The Bertz CT molecular complexity index is 928. The first-order chi connectivity index (χ1) is 13.6. The topological polar surface area (TPSA) is 30.5 Å². The van der Waals surface area contributed by atoms with Gasteiger partial charge in [0.15, 0.2) is 11.5 Å².